The lowest BCUT2D eigenvalue weighted by Crippen LogP contribution is -2.39. The van der Waals surface area contributed by atoms with Crippen molar-refractivity contribution in [3.63, 3.8) is 0 Å². The van der Waals surface area contributed by atoms with Crippen LogP contribution in [0.3, 0.4) is 0 Å². The van der Waals surface area contributed by atoms with E-state index in [1.54, 1.807) is 47.5 Å². The summed E-state index contributed by atoms with van der Waals surface area (Å²) in [6, 6.07) is 19.6. The lowest BCUT2D eigenvalue weighted by Gasteiger charge is -2.34. The summed E-state index contributed by atoms with van der Waals surface area (Å²) in [6.07, 6.45) is 3.63. The number of rotatable bonds is 14. The number of hydrogen-bond acceptors (Lipinski definition) is 6. The molecule has 0 saturated heterocycles. The van der Waals surface area contributed by atoms with Crippen LogP contribution in [0, 0.1) is 16.0 Å². The zero-order chi connectivity index (χ0) is 30.9. The second-order valence-electron chi connectivity index (χ2n) is 10.7. The molecule has 4 rings (SSSR count). The number of carbonyl (C=O) groups excluding carboxylic acids is 1. The van der Waals surface area contributed by atoms with Crippen molar-refractivity contribution < 1.29 is 24.4 Å². The van der Waals surface area contributed by atoms with Crippen molar-refractivity contribution in [1.29, 1.82) is 0 Å². The summed E-state index contributed by atoms with van der Waals surface area (Å²) in [5.74, 6) is -0.310. The van der Waals surface area contributed by atoms with E-state index in [0.29, 0.717) is 35.8 Å². The van der Waals surface area contributed by atoms with Crippen molar-refractivity contribution in [3.05, 3.63) is 112 Å². The molecule has 0 bridgehead atoms. The van der Waals surface area contributed by atoms with Crippen LogP contribution in [0.5, 0.6) is 5.75 Å². The number of unbranched alkanes of at least 4 members (excludes halogenated alkanes) is 1. The summed E-state index contributed by atoms with van der Waals surface area (Å²) in [6.45, 7) is 6.91. The molecule has 0 saturated carbocycles. The molecule has 0 radical (unpaired) electrons. The number of aromatic amines is 1. The minimum Gasteiger partial charge on any atom is -0.493 e. The van der Waals surface area contributed by atoms with Crippen LogP contribution in [0.15, 0.2) is 79.0 Å². The Hall–Kier alpha value is -4.99. The summed E-state index contributed by atoms with van der Waals surface area (Å²) >= 11 is 0. The summed E-state index contributed by atoms with van der Waals surface area (Å²) in [5.41, 5.74) is 2.57. The number of ether oxygens (including phenoxy) is 1. The Bertz CT molecular complexity index is 1550. The second-order valence-corrected chi connectivity index (χ2v) is 10.7. The van der Waals surface area contributed by atoms with E-state index in [1.165, 1.54) is 12.1 Å². The van der Waals surface area contributed by atoms with Crippen LogP contribution in [0.1, 0.15) is 71.8 Å². The fourth-order valence-electron chi connectivity index (χ4n) is 4.83. The molecule has 1 unspecified atom stereocenters. The fraction of sp³-hybridized carbons (Fsp3) is 0.303. The molecule has 4 aromatic rings. The number of benzene rings is 3. The molecule has 1 heterocycles. The number of H-pyrrole nitrogens is 1. The SMILES string of the molecule is CCCCOc1ccc(C(Cc2ncc(-c3ccc([N+](=O)[O-])cc3)[nH]2)N(CC(C)C)C(=O)c2ccccc2)cc1C(=O)O. The maximum Gasteiger partial charge on any atom is 0.339 e. The number of nitro benzene ring substituents is 1. The van der Waals surface area contributed by atoms with E-state index in [9.17, 15) is 24.8 Å². The molecule has 0 aliphatic rings. The van der Waals surface area contributed by atoms with E-state index in [0.717, 1.165) is 18.4 Å². The number of aromatic carboxylic acids is 1. The summed E-state index contributed by atoms with van der Waals surface area (Å²) < 4.78 is 5.79. The first-order valence-corrected chi connectivity index (χ1v) is 14.3. The highest BCUT2D eigenvalue weighted by Crippen LogP contribution is 2.32. The largest absolute Gasteiger partial charge is 0.493 e. The van der Waals surface area contributed by atoms with Crippen LogP contribution >= 0.6 is 0 Å². The van der Waals surface area contributed by atoms with E-state index in [4.69, 9.17) is 4.74 Å². The van der Waals surface area contributed by atoms with Crippen molar-refractivity contribution >= 4 is 17.6 Å². The molecule has 2 N–H and O–H groups in total. The lowest BCUT2D eigenvalue weighted by atomic mass is 9.96. The first-order chi connectivity index (χ1) is 20.7. The summed E-state index contributed by atoms with van der Waals surface area (Å²) in [5, 5.41) is 21.1. The Kier molecular flexibility index (Phi) is 10.3. The number of hydrogen-bond donors (Lipinski definition) is 2. The maximum atomic E-state index is 14.0. The Morgan fingerprint density at radius 1 is 1.07 bits per heavy atom. The third-order valence-corrected chi connectivity index (χ3v) is 7.00. The van der Waals surface area contributed by atoms with E-state index in [2.05, 4.69) is 9.97 Å². The topological polar surface area (TPSA) is 139 Å². The third-order valence-electron chi connectivity index (χ3n) is 7.00. The monoisotopic (exact) mass is 584 g/mol. The van der Waals surface area contributed by atoms with Crippen LogP contribution in [-0.4, -0.2) is 49.9 Å². The Balaban J connectivity index is 1.76. The van der Waals surface area contributed by atoms with Crippen LogP contribution < -0.4 is 4.74 Å². The standard InChI is InChI=1S/C33H36N4O6/c1-4-5-17-43-30-16-13-25(18-27(30)33(39)40)29(36(21-22(2)3)32(38)24-9-7-6-8-10-24)19-31-34-20-28(35-31)23-11-14-26(15-12-23)37(41)42/h6-16,18,20,22,29H,4-5,17,19,21H2,1-3H3,(H,34,35)(H,39,40). The molecule has 1 amide bonds. The number of aromatic nitrogens is 2. The fourth-order valence-corrected chi connectivity index (χ4v) is 4.83. The number of nitrogens with one attached hydrogen (secondary N) is 1. The van der Waals surface area contributed by atoms with Gasteiger partial charge < -0.3 is 19.7 Å². The summed E-state index contributed by atoms with van der Waals surface area (Å²) in [7, 11) is 0. The van der Waals surface area contributed by atoms with Gasteiger partial charge in [0.15, 0.2) is 0 Å². The minimum absolute atomic E-state index is 0.0105. The van der Waals surface area contributed by atoms with Gasteiger partial charge in [0.25, 0.3) is 11.6 Å². The molecule has 43 heavy (non-hydrogen) atoms. The van der Waals surface area contributed by atoms with Gasteiger partial charge >= 0.3 is 5.97 Å². The molecule has 224 valence electrons. The number of carboxylic acid groups (broad SMARTS) is 1. The quantitative estimate of drug-likeness (QED) is 0.0929. The average Bonchev–Trinajstić information content (AvgIpc) is 3.48. The van der Waals surface area contributed by atoms with Crippen molar-refractivity contribution in [1.82, 2.24) is 14.9 Å². The van der Waals surface area contributed by atoms with Crippen LogP contribution in [0.4, 0.5) is 5.69 Å². The molecule has 3 aromatic carbocycles. The van der Waals surface area contributed by atoms with Gasteiger partial charge in [-0.05, 0) is 54.3 Å². The first kappa shape index (κ1) is 31.0. The Morgan fingerprint density at radius 2 is 1.79 bits per heavy atom. The molecular formula is C33H36N4O6. The third kappa shape index (κ3) is 7.85. The predicted molar refractivity (Wildman–Crippen MR) is 163 cm³/mol. The molecule has 10 nitrogen and oxygen atoms in total. The van der Waals surface area contributed by atoms with E-state index in [-0.39, 0.29) is 35.2 Å². The van der Waals surface area contributed by atoms with Gasteiger partial charge in [0.1, 0.15) is 17.1 Å². The van der Waals surface area contributed by atoms with Crippen molar-refractivity contribution in [2.75, 3.05) is 13.2 Å². The molecule has 0 aliphatic heterocycles. The van der Waals surface area contributed by atoms with Crippen molar-refractivity contribution in [3.8, 4) is 17.0 Å². The molecule has 0 aliphatic carbocycles. The van der Waals surface area contributed by atoms with Crippen molar-refractivity contribution in [2.24, 2.45) is 5.92 Å². The zero-order valence-electron chi connectivity index (χ0n) is 24.5. The smallest absolute Gasteiger partial charge is 0.339 e. The number of nitrogens with zero attached hydrogens (tertiary/aromatic N) is 3. The second kappa shape index (κ2) is 14.3. The lowest BCUT2D eigenvalue weighted by molar-refractivity contribution is -0.384. The first-order valence-electron chi connectivity index (χ1n) is 14.3. The van der Waals surface area contributed by atoms with E-state index in [1.807, 2.05) is 45.0 Å². The van der Waals surface area contributed by atoms with Gasteiger partial charge in [-0.25, -0.2) is 9.78 Å². The number of nitro groups is 1. The van der Waals surface area contributed by atoms with E-state index >= 15 is 0 Å². The molecular weight excluding hydrogens is 548 g/mol. The summed E-state index contributed by atoms with van der Waals surface area (Å²) in [4.78, 5) is 46.5. The van der Waals surface area contributed by atoms with Gasteiger partial charge in [-0.1, -0.05) is 51.5 Å². The number of non-ortho nitro benzene ring substituents is 1. The van der Waals surface area contributed by atoms with Gasteiger partial charge in [0, 0.05) is 36.2 Å². The normalized spacial score (nSPS) is 11.7. The number of carboxylic acids is 1. The zero-order valence-corrected chi connectivity index (χ0v) is 24.5. The maximum absolute atomic E-state index is 14.0. The van der Waals surface area contributed by atoms with Crippen LogP contribution in [-0.2, 0) is 6.42 Å². The van der Waals surface area contributed by atoms with Crippen LogP contribution in [0.2, 0.25) is 0 Å². The highest BCUT2D eigenvalue weighted by atomic mass is 16.6. The highest BCUT2D eigenvalue weighted by Gasteiger charge is 2.29. The van der Waals surface area contributed by atoms with E-state index < -0.39 is 16.9 Å². The molecule has 0 fully saturated rings. The van der Waals surface area contributed by atoms with Gasteiger partial charge in [-0.2, -0.15) is 0 Å². The number of amides is 1. The van der Waals surface area contributed by atoms with Gasteiger partial charge in [0.2, 0.25) is 0 Å². The molecule has 1 atom stereocenters. The molecule has 10 heteroatoms. The van der Waals surface area contributed by atoms with Crippen LogP contribution in [0.25, 0.3) is 11.3 Å². The number of imidazole rings is 1. The number of carbonyl (C=O) groups is 2. The molecule has 1 aromatic heterocycles. The van der Waals surface area contributed by atoms with Gasteiger partial charge in [0.05, 0.1) is 29.5 Å². The highest BCUT2D eigenvalue weighted by molar-refractivity contribution is 5.95. The Morgan fingerprint density at radius 3 is 2.42 bits per heavy atom. The van der Waals surface area contributed by atoms with Gasteiger partial charge in [-0.3, -0.25) is 14.9 Å². The van der Waals surface area contributed by atoms with Gasteiger partial charge in [-0.15, -0.1) is 0 Å². The predicted octanol–water partition coefficient (Wildman–Crippen LogP) is 6.94. The Labute approximate surface area is 250 Å². The minimum atomic E-state index is -1.12. The average molecular weight is 585 g/mol. The van der Waals surface area contributed by atoms with Crippen molar-refractivity contribution in [2.45, 2.75) is 46.1 Å². The molecule has 0 spiro atoms.